The zero-order valence-corrected chi connectivity index (χ0v) is 25.2. The number of hydrogen-bond donors (Lipinski definition) is 2. The van der Waals surface area contributed by atoms with Gasteiger partial charge in [-0.05, 0) is 53.5 Å². The average Bonchev–Trinajstić information content (AvgIpc) is 3.06. The number of fused-ring (bicyclic) bond motifs is 3. The molecule has 1 amide bonds. The number of carbonyl (C=O) groups is 2. The lowest BCUT2D eigenvalue weighted by molar-refractivity contribution is -0.137. The Morgan fingerprint density at radius 2 is 1.39 bits per heavy atom. The number of amides is 1. The summed E-state index contributed by atoms with van der Waals surface area (Å²) in [5, 5.41) is 13.7. The van der Waals surface area contributed by atoms with Gasteiger partial charge in [0.15, 0.2) is 5.60 Å². The van der Waals surface area contributed by atoms with Crippen LogP contribution in [0.1, 0.15) is 80.0 Å². The van der Waals surface area contributed by atoms with E-state index in [-0.39, 0.29) is 13.0 Å². The Bertz CT molecular complexity index is 1530. The first-order valence-corrected chi connectivity index (χ1v) is 15.7. The van der Waals surface area contributed by atoms with Gasteiger partial charge in [0, 0.05) is 29.7 Å². The van der Waals surface area contributed by atoms with Crippen LogP contribution in [-0.2, 0) is 21.7 Å². The third-order valence-corrected chi connectivity index (χ3v) is 8.20. The second-order valence-corrected chi connectivity index (χ2v) is 11.4. The molecule has 1 heterocycles. The summed E-state index contributed by atoms with van der Waals surface area (Å²) in [5.41, 5.74) is 3.39. The summed E-state index contributed by atoms with van der Waals surface area (Å²) in [6.45, 7) is 0.805. The molecule has 0 fully saturated rings. The number of benzene rings is 4. The van der Waals surface area contributed by atoms with Crippen molar-refractivity contribution in [3.63, 3.8) is 0 Å². The number of alkyl carbamates (subject to hydrolysis) is 1. The fourth-order valence-corrected chi connectivity index (χ4v) is 5.84. The Balaban J connectivity index is 1.11. The van der Waals surface area contributed by atoms with Gasteiger partial charge < -0.3 is 19.9 Å². The molecule has 0 spiro atoms. The number of ether oxygens (including phenoxy) is 2. The van der Waals surface area contributed by atoms with E-state index in [9.17, 15) is 9.59 Å². The van der Waals surface area contributed by atoms with Crippen LogP contribution in [0.5, 0.6) is 5.75 Å². The first kappa shape index (κ1) is 30.9. The van der Waals surface area contributed by atoms with Gasteiger partial charge in [-0.25, -0.2) is 4.79 Å². The van der Waals surface area contributed by atoms with Crippen molar-refractivity contribution in [3.8, 4) is 5.75 Å². The molecule has 0 saturated heterocycles. The highest BCUT2D eigenvalue weighted by Gasteiger charge is 2.37. The summed E-state index contributed by atoms with van der Waals surface area (Å²) in [6, 6.07) is 30.8. The van der Waals surface area contributed by atoms with Gasteiger partial charge in [-0.1, -0.05) is 117 Å². The van der Waals surface area contributed by atoms with E-state index in [0.29, 0.717) is 6.54 Å². The van der Waals surface area contributed by atoms with Crippen LogP contribution in [0, 0.1) is 0 Å². The molecule has 6 nitrogen and oxygen atoms in total. The van der Waals surface area contributed by atoms with Crippen LogP contribution in [0.15, 0.2) is 97.1 Å². The van der Waals surface area contributed by atoms with Gasteiger partial charge >= 0.3 is 12.1 Å². The van der Waals surface area contributed by atoms with E-state index in [0.717, 1.165) is 90.1 Å². The molecule has 0 bridgehead atoms. The second-order valence-electron chi connectivity index (χ2n) is 11.4. The number of carbonyl (C=O) groups excluding carboxylic acids is 1. The monoisotopic (exact) mass is 591 g/mol. The van der Waals surface area contributed by atoms with E-state index in [2.05, 4.69) is 59.9 Å². The largest absolute Gasteiger partial charge is 0.481 e. The van der Waals surface area contributed by atoms with Gasteiger partial charge in [-0.2, -0.15) is 0 Å². The topological polar surface area (TPSA) is 84.9 Å². The minimum absolute atomic E-state index is 0.207. The normalized spacial score (nSPS) is 13.2. The molecule has 0 unspecified atom stereocenters. The summed E-state index contributed by atoms with van der Waals surface area (Å²) >= 11 is 0. The van der Waals surface area contributed by atoms with E-state index in [1.807, 2.05) is 48.5 Å². The van der Waals surface area contributed by atoms with Crippen molar-refractivity contribution in [2.45, 2.75) is 70.0 Å². The summed E-state index contributed by atoms with van der Waals surface area (Å²) in [4.78, 5) is 22.8. The summed E-state index contributed by atoms with van der Waals surface area (Å²) < 4.78 is 12.3. The molecule has 0 atom stereocenters. The lowest BCUT2D eigenvalue weighted by Gasteiger charge is -2.36. The molecule has 4 aromatic rings. The molecule has 44 heavy (non-hydrogen) atoms. The van der Waals surface area contributed by atoms with Crippen LogP contribution in [0.4, 0.5) is 4.79 Å². The molecule has 2 N–H and O–H groups in total. The highest BCUT2D eigenvalue weighted by Crippen LogP contribution is 2.44. The van der Waals surface area contributed by atoms with Crippen molar-refractivity contribution in [2.75, 3.05) is 6.54 Å². The van der Waals surface area contributed by atoms with Crippen molar-refractivity contribution in [1.29, 1.82) is 0 Å². The van der Waals surface area contributed by atoms with Crippen LogP contribution < -0.4 is 10.1 Å². The molecular formula is C38H41NO5. The number of aliphatic carboxylic acids is 1. The molecule has 0 radical (unpaired) electrons. The maximum Gasteiger partial charge on any atom is 0.407 e. The van der Waals surface area contributed by atoms with Crippen molar-refractivity contribution in [2.24, 2.45) is 0 Å². The van der Waals surface area contributed by atoms with Crippen molar-refractivity contribution in [3.05, 3.63) is 119 Å². The molecular weight excluding hydrogens is 550 g/mol. The number of rotatable bonds is 15. The fourth-order valence-electron chi connectivity index (χ4n) is 5.84. The number of hydrogen-bond acceptors (Lipinski definition) is 4. The Morgan fingerprint density at radius 1 is 0.750 bits per heavy atom. The minimum Gasteiger partial charge on any atom is -0.481 e. The van der Waals surface area contributed by atoms with Crippen LogP contribution in [0.2, 0.25) is 0 Å². The summed E-state index contributed by atoms with van der Waals surface area (Å²) in [6.07, 6.45) is 12.4. The van der Waals surface area contributed by atoms with Gasteiger partial charge in [0.25, 0.3) is 0 Å². The Morgan fingerprint density at radius 3 is 2.05 bits per heavy atom. The molecule has 1 aliphatic heterocycles. The quantitative estimate of drug-likeness (QED) is 0.135. The Kier molecular flexibility index (Phi) is 10.7. The molecule has 0 aromatic heterocycles. The third-order valence-electron chi connectivity index (χ3n) is 8.20. The predicted octanol–water partition coefficient (Wildman–Crippen LogP) is 9.01. The number of nitrogens with one attached hydrogen (secondary N) is 1. The third kappa shape index (κ3) is 7.87. The minimum atomic E-state index is -0.713. The van der Waals surface area contributed by atoms with Gasteiger partial charge in [0.2, 0.25) is 0 Å². The van der Waals surface area contributed by atoms with Crippen LogP contribution in [0.3, 0.4) is 0 Å². The van der Waals surface area contributed by atoms with Crippen LogP contribution in [0.25, 0.3) is 16.8 Å². The van der Waals surface area contributed by atoms with Crippen molar-refractivity contribution in [1.82, 2.24) is 5.32 Å². The van der Waals surface area contributed by atoms with Crippen LogP contribution in [-0.4, -0.2) is 23.7 Å². The zero-order valence-electron chi connectivity index (χ0n) is 25.2. The van der Waals surface area contributed by atoms with E-state index >= 15 is 0 Å². The number of unbranched alkanes of at least 4 members (excludes halogenated alkanes) is 7. The van der Waals surface area contributed by atoms with Gasteiger partial charge in [0.1, 0.15) is 12.4 Å². The van der Waals surface area contributed by atoms with Gasteiger partial charge in [-0.15, -0.1) is 0 Å². The average molecular weight is 592 g/mol. The highest BCUT2D eigenvalue weighted by molar-refractivity contribution is 5.94. The molecule has 0 saturated carbocycles. The molecule has 0 aliphatic carbocycles. The van der Waals surface area contributed by atoms with E-state index < -0.39 is 17.7 Å². The predicted molar refractivity (Wildman–Crippen MR) is 175 cm³/mol. The zero-order chi connectivity index (χ0) is 30.6. The van der Waals surface area contributed by atoms with Crippen LogP contribution >= 0.6 is 0 Å². The summed E-state index contributed by atoms with van der Waals surface area (Å²) in [7, 11) is 0. The Hall–Kier alpha value is -4.58. The first-order chi connectivity index (χ1) is 21.5. The smallest absolute Gasteiger partial charge is 0.407 e. The highest BCUT2D eigenvalue weighted by atomic mass is 16.5. The number of carboxylic acids is 1. The second kappa shape index (κ2) is 15.2. The maximum atomic E-state index is 12.2. The van der Waals surface area contributed by atoms with Crippen molar-refractivity contribution < 1.29 is 24.2 Å². The van der Waals surface area contributed by atoms with E-state index in [1.165, 1.54) is 0 Å². The lowest BCUT2D eigenvalue weighted by atomic mass is 9.83. The molecule has 228 valence electrons. The molecule has 1 aliphatic rings. The standard InChI is InChI=1S/C38H41NO5/c40-36(41)19-13-5-3-1-2-4-6-14-26-39-37(42)43-28-29-20-22-33-30(27-29)21-23-35-34(33)24-25-38(44-35,31-15-9-7-10-16-31)32-17-11-8-12-18-32/h7-12,15-18,20-25,27H,1-6,13-14,19,26,28H2,(H,39,42)(H,40,41). The molecule has 5 rings (SSSR count). The maximum absolute atomic E-state index is 12.2. The Labute approximate surface area is 259 Å². The number of carboxylic acid groups (broad SMARTS) is 1. The molecule has 6 heteroatoms. The lowest BCUT2D eigenvalue weighted by Crippen LogP contribution is -2.34. The van der Waals surface area contributed by atoms with E-state index in [1.54, 1.807) is 0 Å². The van der Waals surface area contributed by atoms with E-state index in [4.69, 9.17) is 14.6 Å². The van der Waals surface area contributed by atoms with Gasteiger partial charge in [-0.3, -0.25) is 4.79 Å². The fraction of sp³-hybridized carbons (Fsp3) is 0.316. The van der Waals surface area contributed by atoms with Gasteiger partial charge in [0.05, 0.1) is 0 Å². The summed E-state index contributed by atoms with van der Waals surface area (Å²) in [5.74, 6) is 0.113. The molecule has 4 aromatic carbocycles. The SMILES string of the molecule is O=C(O)CCCCCCCCCCNC(=O)OCc1ccc2c3c(ccc2c1)OC(c1ccccc1)(c1ccccc1)C=C3. The van der Waals surface area contributed by atoms with Crippen molar-refractivity contribution >= 4 is 28.9 Å². The first-order valence-electron chi connectivity index (χ1n) is 15.7.